The summed E-state index contributed by atoms with van der Waals surface area (Å²) in [5, 5.41) is 0. The number of amides is 1. The molecule has 0 spiro atoms. The summed E-state index contributed by atoms with van der Waals surface area (Å²) in [5.41, 5.74) is 5.61. The third-order valence-electron chi connectivity index (χ3n) is 4.04. The van der Waals surface area contributed by atoms with Gasteiger partial charge < -0.3 is 10.6 Å². The summed E-state index contributed by atoms with van der Waals surface area (Å²) < 4.78 is 0. The lowest BCUT2D eigenvalue weighted by Gasteiger charge is -2.36. The van der Waals surface area contributed by atoms with Crippen LogP contribution in [0, 0.1) is 5.92 Å². The highest BCUT2D eigenvalue weighted by Gasteiger charge is 2.25. The molecule has 0 unspecified atom stereocenters. The third kappa shape index (κ3) is 5.11. The van der Waals surface area contributed by atoms with Gasteiger partial charge in [0.1, 0.15) is 0 Å². The van der Waals surface area contributed by atoms with Gasteiger partial charge in [-0.3, -0.25) is 9.69 Å². The second-order valence-electron chi connectivity index (χ2n) is 6.29. The van der Waals surface area contributed by atoms with Gasteiger partial charge in [0.2, 0.25) is 5.91 Å². The predicted octanol–water partition coefficient (Wildman–Crippen LogP) is 1.69. The molecule has 0 atom stereocenters. The van der Waals surface area contributed by atoms with Crippen LogP contribution in [0.15, 0.2) is 0 Å². The Morgan fingerprint density at radius 1 is 1.21 bits per heavy atom. The predicted molar refractivity (Wildman–Crippen MR) is 80.0 cm³/mol. The van der Waals surface area contributed by atoms with Crippen molar-refractivity contribution < 1.29 is 4.79 Å². The average Bonchev–Trinajstić information content (AvgIpc) is 2.31. The summed E-state index contributed by atoms with van der Waals surface area (Å²) in [4.78, 5) is 16.7. The lowest BCUT2D eigenvalue weighted by Crippen LogP contribution is -2.48. The number of nitrogens with zero attached hydrogens (tertiary/aromatic N) is 2. The molecule has 1 heterocycles. The quantitative estimate of drug-likeness (QED) is 0.798. The maximum absolute atomic E-state index is 12.4. The second-order valence-corrected chi connectivity index (χ2v) is 6.29. The van der Waals surface area contributed by atoms with Crippen LogP contribution in [0.1, 0.15) is 47.0 Å². The lowest BCUT2D eigenvalue weighted by molar-refractivity contribution is -0.136. The van der Waals surface area contributed by atoms with E-state index < -0.39 is 0 Å². The van der Waals surface area contributed by atoms with Gasteiger partial charge in [-0.05, 0) is 72.5 Å². The van der Waals surface area contributed by atoms with E-state index in [-0.39, 0.29) is 18.0 Å². The van der Waals surface area contributed by atoms with Crippen LogP contribution in [0.2, 0.25) is 0 Å². The van der Waals surface area contributed by atoms with Crippen molar-refractivity contribution in [3.63, 3.8) is 0 Å². The smallest absolute Gasteiger partial charge is 0.237 e. The molecule has 0 aliphatic carbocycles. The molecule has 19 heavy (non-hydrogen) atoms. The molecule has 1 rings (SSSR count). The zero-order valence-corrected chi connectivity index (χ0v) is 13.1. The highest BCUT2D eigenvalue weighted by molar-refractivity contribution is 5.78. The summed E-state index contributed by atoms with van der Waals surface area (Å²) >= 11 is 0. The zero-order chi connectivity index (χ0) is 14.4. The van der Waals surface area contributed by atoms with Crippen LogP contribution in [-0.4, -0.2) is 54.0 Å². The first kappa shape index (κ1) is 16.4. The van der Waals surface area contributed by atoms with Crippen molar-refractivity contribution in [2.45, 2.75) is 59.0 Å². The van der Waals surface area contributed by atoms with E-state index >= 15 is 0 Å². The molecule has 1 amide bonds. The van der Waals surface area contributed by atoms with Crippen molar-refractivity contribution in [3.05, 3.63) is 0 Å². The number of piperidine rings is 1. The van der Waals surface area contributed by atoms with E-state index in [1.807, 2.05) is 4.90 Å². The van der Waals surface area contributed by atoms with Crippen LogP contribution >= 0.6 is 0 Å². The fourth-order valence-corrected chi connectivity index (χ4v) is 3.11. The normalized spacial score (nSPS) is 18.3. The van der Waals surface area contributed by atoms with Crippen LogP contribution in [0.4, 0.5) is 0 Å². The van der Waals surface area contributed by atoms with Gasteiger partial charge in [-0.1, -0.05) is 0 Å². The molecular formula is C15H31N3O. The molecule has 0 aromatic rings. The molecule has 1 saturated heterocycles. The number of hydrogen-bond acceptors (Lipinski definition) is 3. The summed E-state index contributed by atoms with van der Waals surface area (Å²) in [6.45, 7) is 11.8. The van der Waals surface area contributed by atoms with Gasteiger partial charge in [0.15, 0.2) is 0 Å². The van der Waals surface area contributed by atoms with E-state index in [2.05, 4.69) is 32.6 Å². The Kier molecular flexibility index (Phi) is 6.80. The van der Waals surface area contributed by atoms with Crippen LogP contribution < -0.4 is 5.73 Å². The first-order chi connectivity index (χ1) is 8.95. The van der Waals surface area contributed by atoms with Crippen molar-refractivity contribution in [2.24, 2.45) is 11.7 Å². The van der Waals surface area contributed by atoms with E-state index in [1.54, 1.807) is 0 Å². The van der Waals surface area contributed by atoms with Gasteiger partial charge in [0, 0.05) is 12.1 Å². The minimum atomic E-state index is 0.266. The Hall–Kier alpha value is -0.610. The SMILES string of the molecule is CC(C)N(C(=O)CN1CCC(CCN)CC1)C(C)C. The van der Waals surface area contributed by atoms with Crippen LogP contribution in [0.25, 0.3) is 0 Å². The average molecular weight is 269 g/mol. The van der Waals surface area contributed by atoms with Crippen molar-refractivity contribution in [1.29, 1.82) is 0 Å². The summed E-state index contributed by atoms with van der Waals surface area (Å²) in [6.07, 6.45) is 3.51. The highest BCUT2D eigenvalue weighted by atomic mass is 16.2. The molecule has 1 fully saturated rings. The molecule has 0 aromatic carbocycles. The number of carbonyl (C=O) groups is 1. The number of likely N-dealkylation sites (tertiary alicyclic amines) is 1. The monoisotopic (exact) mass is 269 g/mol. The Morgan fingerprint density at radius 2 is 1.74 bits per heavy atom. The topological polar surface area (TPSA) is 49.6 Å². The van der Waals surface area contributed by atoms with Gasteiger partial charge in [0.25, 0.3) is 0 Å². The first-order valence-electron chi connectivity index (χ1n) is 7.69. The maximum atomic E-state index is 12.4. The molecule has 0 bridgehead atoms. The minimum absolute atomic E-state index is 0.266. The van der Waals surface area contributed by atoms with E-state index in [0.717, 1.165) is 32.0 Å². The Bertz CT molecular complexity index is 263. The van der Waals surface area contributed by atoms with Crippen molar-refractivity contribution >= 4 is 5.91 Å². The number of hydrogen-bond donors (Lipinski definition) is 1. The fourth-order valence-electron chi connectivity index (χ4n) is 3.11. The van der Waals surface area contributed by atoms with Crippen LogP contribution in [0.5, 0.6) is 0 Å². The first-order valence-corrected chi connectivity index (χ1v) is 7.69. The fraction of sp³-hybridized carbons (Fsp3) is 0.933. The van der Waals surface area contributed by atoms with E-state index in [0.29, 0.717) is 6.54 Å². The largest absolute Gasteiger partial charge is 0.337 e. The number of nitrogens with two attached hydrogens (primary N) is 1. The standard InChI is InChI=1S/C15H31N3O/c1-12(2)18(13(3)4)15(19)11-17-9-6-14(5-8-16)7-10-17/h12-14H,5-11,16H2,1-4H3. The Balaban J connectivity index is 2.41. The Morgan fingerprint density at radius 3 is 2.16 bits per heavy atom. The van der Waals surface area contributed by atoms with Gasteiger partial charge in [-0.25, -0.2) is 0 Å². The highest BCUT2D eigenvalue weighted by Crippen LogP contribution is 2.20. The lowest BCUT2D eigenvalue weighted by atomic mass is 9.93. The third-order valence-corrected chi connectivity index (χ3v) is 4.04. The van der Waals surface area contributed by atoms with E-state index in [1.165, 1.54) is 12.8 Å². The maximum Gasteiger partial charge on any atom is 0.237 e. The molecule has 4 nitrogen and oxygen atoms in total. The van der Waals surface area contributed by atoms with Crippen molar-refractivity contribution in [1.82, 2.24) is 9.80 Å². The molecule has 1 aliphatic rings. The van der Waals surface area contributed by atoms with Gasteiger partial charge in [0.05, 0.1) is 6.54 Å². The molecule has 4 heteroatoms. The zero-order valence-electron chi connectivity index (χ0n) is 13.1. The summed E-state index contributed by atoms with van der Waals surface area (Å²) in [5.74, 6) is 1.03. The molecule has 0 radical (unpaired) electrons. The van der Waals surface area contributed by atoms with Crippen molar-refractivity contribution in [3.8, 4) is 0 Å². The van der Waals surface area contributed by atoms with Gasteiger partial charge in [-0.2, -0.15) is 0 Å². The van der Waals surface area contributed by atoms with Crippen molar-refractivity contribution in [2.75, 3.05) is 26.2 Å². The van der Waals surface area contributed by atoms with E-state index in [9.17, 15) is 4.79 Å². The van der Waals surface area contributed by atoms with E-state index in [4.69, 9.17) is 5.73 Å². The summed E-state index contributed by atoms with van der Waals surface area (Å²) in [6, 6.07) is 0.560. The summed E-state index contributed by atoms with van der Waals surface area (Å²) in [7, 11) is 0. The number of rotatable bonds is 6. The Labute approximate surface area is 118 Å². The molecular weight excluding hydrogens is 238 g/mol. The molecule has 2 N–H and O–H groups in total. The van der Waals surface area contributed by atoms with Crippen LogP contribution in [0.3, 0.4) is 0 Å². The minimum Gasteiger partial charge on any atom is -0.337 e. The molecule has 112 valence electrons. The number of carbonyl (C=O) groups excluding carboxylic acids is 1. The van der Waals surface area contributed by atoms with Gasteiger partial charge >= 0.3 is 0 Å². The second kappa shape index (κ2) is 7.85. The molecule has 0 aromatic heterocycles. The van der Waals surface area contributed by atoms with Gasteiger partial charge in [-0.15, -0.1) is 0 Å². The molecule has 1 aliphatic heterocycles. The molecule has 0 saturated carbocycles. The van der Waals surface area contributed by atoms with Crippen LogP contribution in [-0.2, 0) is 4.79 Å².